The molecule has 0 radical (unpaired) electrons. The van der Waals surface area contributed by atoms with Gasteiger partial charge >= 0.3 is 0 Å². The molecule has 0 saturated heterocycles. The van der Waals surface area contributed by atoms with Crippen LogP contribution in [-0.2, 0) is 10.5 Å². The summed E-state index contributed by atoms with van der Waals surface area (Å²) in [5.74, 6) is 1.43. The summed E-state index contributed by atoms with van der Waals surface area (Å²) >= 11 is 1.50. The van der Waals surface area contributed by atoms with Gasteiger partial charge in [-0.3, -0.25) is 4.79 Å². The van der Waals surface area contributed by atoms with Crippen molar-refractivity contribution in [2.75, 3.05) is 6.54 Å². The molecule has 4 nitrogen and oxygen atoms in total. The largest absolute Gasteiger partial charge is 0.468 e. The van der Waals surface area contributed by atoms with Crippen molar-refractivity contribution in [3.05, 3.63) is 35.6 Å². The maximum Gasteiger partial charge on any atom is 0.244 e. The van der Waals surface area contributed by atoms with Crippen LogP contribution in [0, 0.1) is 0 Å². The maximum atomic E-state index is 11.6. The number of thioether (sulfide) groups is 1. The lowest BCUT2D eigenvalue weighted by Gasteiger charge is -2.21. The molecule has 1 fully saturated rings. The van der Waals surface area contributed by atoms with E-state index in [9.17, 15) is 9.90 Å². The lowest BCUT2D eigenvalue weighted by Crippen LogP contribution is -2.40. The number of carbonyl (C=O) groups is 1. The normalized spacial score (nSPS) is 17.9. The van der Waals surface area contributed by atoms with Crippen LogP contribution in [0.2, 0.25) is 0 Å². The molecule has 0 spiro atoms. The van der Waals surface area contributed by atoms with Gasteiger partial charge in [-0.1, -0.05) is 12.8 Å². The molecule has 1 aliphatic rings. The summed E-state index contributed by atoms with van der Waals surface area (Å²) in [6, 6.07) is 3.74. The van der Waals surface area contributed by atoms with E-state index in [1.165, 1.54) is 17.8 Å². The molecule has 0 bridgehead atoms. The minimum Gasteiger partial charge on any atom is -0.468 e. The molecule has 1 saturated carbocycles. The zero-order chi connectivity index (χ0) is 13.6. The molecular weight excluding hydrogens is 262 g/mol. The summed E-state index contributed by atoms with van der Waals surface area (Å²) in [4.78, 5) is 11.6. The fourth-order valence-electron chi connectivity index (χ4n) is 2.16. The Morgan fingerprint density at radius 2 is 2.32 bits per heavy atom. The fraction of sp³-hybridized carbons (Fsp3) is 0.500. The molecule has 1 aromatic heterocycles. The van der Waals surface area contributed by atoms with Crippen LogP contribution in [0.1, 0.15) is 31.4 Å². The molecule has 5 heteroatoms. The molecule has 1 heterocycles. The van der Waals surface area contributed by atoms with Crippen LogP contribution in [0.4, 0.5) is 0 Å². The summed E-state index contributed by atoms with van der Waals surface area (Å²) in [5.41, 5.74) is -0.690. The van der Waals surface area contributed by atoms with Gasteiger partial charge in [0.25, 0.3) is 0 Å². The van der Waals surface area contributed by atoms with Gasteiger partial charge in [-0.15, -0.1) is 11.8 Å². The van der Waals surface area contributed by atoms with Crippen LogP contribution in [0.25, 0.3) is 0 Å². The minimum atomic E-state index is -0.690. The number of hydrogen-bond donors (Lipinski definition) is 2. The van der Waals surface area contributed by atoms with E-state index >= 15 is 0 Å². The third-order valence-corrected chi connectivity index (χ3v) is 4.03. The number of furan rings is 1. The summed E-state index contributed by atoms with van der Waals surface area (Å²) in [5, 5.41) is 14.6. The molecule has 2 rings (SSSR count). The van der Waals surface area contributed by atoms with Crippen LogP contribution in [-0.4, -0.2) is 23.2 Å². The Labute approximate surface area is 117 Å². The number of rotatable bonds is 6. The molecule has 0 atom stereocenters. The summed E-state index contributed by atoms with van der Waals surface area (Å²) in [6.07, 6.45) is 6.78. The third kappa shape index (κ3) is 4.76. The van der Waals surface area contributed by atoms with Crippen LogP contribution < -0.4 is 5.32 Å². The highest BCUT2D eigenvalue weighted by atomic mass is 32.2. The van der Waals surface area contributed by atoms with E-state index in [2.05, 4.69) is 5.32 Å². The van der Waals surface area contributed by atoms with Gasteiger partial charge in [-0.25, -0.2) is 0 Å². The molecule has 19 heavy (non-hydrogen) atoms. The zero-order valence-corrected chi connectivity index (χ0v) is 11.6. The Morgan fingerprint density at radius 1 is 1.53 bits per heavy atom. The van der Waals surface area contributed by atoms with Crippen LogP contribution in [0.5, 0.6) is 0 Å². The van der Waals surface area contributed by atoms with Crippen molar-refractivity contribution < 1.29 is 14.3 Å². The Hall–Kier alpha value is -1.20. The van der Waals surface area contributed by atoms with Crippen LogP contribution in [0.15, 0.2) is 34.3 Å². The van der Waals surface area contributed by atoms with E-state index in [0.717, 1.165) is 31.4 Å². The Kier molecular flexibility index (Phi) is 5.10. The molecular formula is C14H19NO3S. The molecule has 0 unspecified atom stereocenters. The molecule has 2 N–H and O–H groups in total. The highest BCUT2D eigenvalue weighted by Gasteiger charge is 2.30. The van der Waals surface area contributed by atoms with Crippen molar-refractivity contribution in [3.8, 4) is 0 Å². The lowest BCUT2D eigenvalue weighted by atomic mass is 10.0. The first-order chi connectivity index (χ1) is 9.18. The lowest BCUT2D eigenvalue weighted by molar-refractivity contribution is -0.117. The number of carbonyl (C=O) groups excluding carboxylic acids is 1. The predicted molar refractivity (Wildman–Crippen MR) is 75.6 cm³/mol. The van der Waals surface area contributed by atoms with Crippen molar-refractivity contribution in [3.63, 3.8) is 0 Å². The second kappa shape index (κ2) is 6.82. The van der Waals surface area contributed by atoms with Crippen molar-refractivity contribution in [2.24, 2.45) is 0 Å². The highest BCUT2D eigenvalue weighted by Crippen LogP contribution is 2.28. The molecule has 0 aromatic carbocycles. The molecule has 1 aromatic rings. The zero-order valence-electron chi connectivity index (χ0n) is 10.8. The number of amides is 1. The van der Waals surface area contributed by atoms with Gasteiger partial charge in [0.05, 0.1) is 17.6 Å². The van der Waals surface area contributed by atoms with Crippen molar-refractivity contribution >= 4 is 17.7 Å². The van der Waals surface area contributed by atoms with Crippen LogP contribution >= 0.6 is 11.8 Å². The third-order valence-electron chi connectivity index (χ3n) is 3.25. The highest BCUT2D eigenvalue weighted by molar-refractivity contribution is 8.01. The number of nitrogens with one attached hydrogen (secondary N) is 1. The van der Waals surface area contributed by atoms with E-state index in [-0.39, 0.29) is 5.91 Å². The number of aliphatic hydroxyl groups is 1. The molecule has 1 amide bonds. The topological polar surface area (TPSA) is 62.5 Å². The molecule has 0 aliphatic heterocycles. The van der Waals surface area contributed by atoms with Crippen molar-refractivity contribution in [1.82, 2.24) is 5.32 Å². The van der Waals surface area contributed by atoms with Gasteiger partial charge in [0.1, 0.15) is 5.76 Å². The van der Waals surface area contributed by atoms with E-state index in [4.69, 9.17) is 4.42 Å². The standard InChI is InChI=1S/C14H19NO3S/c16-13(15-11-14(17)6-1-2-7-14)5-9-19-10-12-4-3-8-18-12/h3-5,8-9,17H,1-2,6-7,10-11H2,(H,15,16)/b9-5+. The minimum absolute atomic E-state index is 0.160. The monoisotopic (exact) mass is 281 g/mol. The van der Waals surface area contributed by atoms with E-state index in [1.54, 1.807) is 11.7 Å². The smallest absolute Gasteiger partial charge is 0.244 e. The van der Waals surface area contributed by atoms with Crippen molar-refractivity contribution in [2.45, 2.75) is 37.0 Å². The quantitative estimate of drug-likeness (QED) is 0.786. The first-order valence-corrected chi connectivity index (χ1v) is 7.54. The predicted octanol–water partition coefficient (Wildman–Crippen LogP) is 2.45. The first-order valence-electron chi connectivity index (χ1n) is 6.49. The maximum absolute atomic E-state index is 11.6. The average Bonchev–Trinajstić information content (AvgIpc) is 3.04. The SMILES string of the molecule is O=C(/C=C/SCc1ccco1)NCC1(O)CCCC1. The summed E-state index contributed by atoms with van der Waals surface area (Å²) < 4.78 is 5.18. The summed E-state index contributed by atoms with van der Waals surface area (Å²) in [7, 11) is 0. The fourth-order valence-corrected chi connectivity index (χ4v) is 2.80. The van der Waals surface area contributed by atoms with Gasteiger partial charge in [0.2, 0.25) is 5.91 Å². The van der Waals surface area contributed by atoms with Gasteiger partial charge in [0, 0.05) is 12.6 Å². The van der Waals surface area contributed by atoms with Gasteiger partial charge in [-0.2, -0.15) is 0 Å². The van der Waals surface area contributed by atoms with Gasteiger partial charge in [0.15, 0.2) is 0 Å². The van der Waals surface area contributed by atoms with Gasteiger partial charge in [-0.05, 0) is 30.4 Å². The van der Waals surface area contributed by atoms with E-state index in [0.29, 0.717) is 12.3 Å². The number of hydrogen-bond acceptors (Lipinski definition) is 4. The average molecular weight is 281 g/mol. The first kappa shape index (κ1) is 14.2. The second-order valence-electron chi connectivity index (χ2n) is 4.84. The Balaban J connectivity index is 1.63. The Bertz CT molecular complexity index is 422. The Morgan fingerprint density at radius 3 is 3.00 bits per heavy atom. The molecule has 104 valence electrons. The van der Waals surface area contributed by atoms with Crippen molar-refractivity contribution in [1.29, 1.82) is 0 Å². The van der Waals surface area contributed by atoms with Crippen LogP contribution in [0.3, 0.4) is 0 Å². The van der Waals surface area contributed by atoms with E-state index in [1.807, 2.05) is 12.1 Å². The van der Waals surface area contributed by atoms with E-state index < -0.39 is 5.60 Å². The molecule has 1 aliphatic carbocycles. The van der Waals surface area contributed by atoms with Gasteiger partial charge < -0.3 is 14.8 Å². The summed E-state index contributed by atoms with van der Waals surface area (Å²) in [6.45, 7) is 0.346. The second-order valence-corrected chi connectivity index (χ2v) is 5.74.